The van der Waals surface area contributed by atoms with Gasteiger partial charge in [0.05, 0.1) is 31.7 Å². The van der Waals surface area contributed by atoms with E-state index in [-0.39, 0.29) is 22.9 Å². The van der Waals surface area contributed by atoms with Gasteiger partial charge in [0.1, 0.15) is 0 Å². The summed E-state index contributed by atoms with van der Waals surface area (Å²) in [5.74, 6) is 0.430. The fourth-order valence-electron chi connectivity index (χ4n) is 3.05. The molecular weight excluding hydrogens is 470 g/mol. The highest BCUT2D eigenvalue weighted by Crippen LogP contribution is 2.23. The molecule has 3 aromatic rings. The maximum atomic E-state index is 12.6. The van der Waals surface area contributed by atoms with Crippen molar-refractivity contribution < 1.29 is 18.1 Å². The topological polar surface area (TPSA) is 112 Å². The number of nitro groups is 1. The summed E-state index contributed by atoms with van der Waals surface area (Å²) < 4.78 is 27.1. The summed E-state index contributed by atoms with van der Waals surface area (Å²) in [7, 11) is -3.37. The number of nitro benzene ring substituents is 1. The third kappa shape index (κ3) is 5.28. The highest BCUT2D eigenvalue weighted by molar-refractivity contribution is 7.98. The van der Waals surface area contributed by atoms with Crippen LogP contribution in [0.4, 0.5) is 5.69 Å². The number of rotatable bonds is 8. The number of carbonyl (C=O) groups excluding carboxylic acids is 1. The molecule has 0 atom stereocenters. The number of sulfone groups is 1. The van der Waals surface area contributed by atoms with Gasteiger partial charge in [0.2, 0.25) is 0 Å². The first kappa shape index (κ1) is 24.1. The molecule has 1 amide bonds. The lowest BCUT2D eigenvalue weighted by atomic mass is 10.1. The summed E-state index contributed by atoms with van der Waals surface area (Å²) in [4.78, 5) is 28.3. The second-order valence-corrected chi connectivity index (χ2v) is 11.9. The molecule has 11 heteroatoms. The van der Waals surface area contributed by atoms with Crippen molar-refractivity contribution in [2.45, 2.75) is 37.0 Å². The number of nitrogens with zero attached hydrogens (tertiary/aromatic N) is 3. The average Bonchev–Trinajstić information content (AvgIpc) is 3.08. The number of aromatic nitrogens is 1. The van der Waals surface area contributed by atoms with E-state index in [4.69, 9.17) is 0 Å². The first-order valence-corrected chi connectivity index (χ1v) is 13.6. The van der Waals surface area contributed by atoms with Crippen LogP contribution < -0.4 is 4.80 Å². The standard InChI is InChI=1S/C21H23N3O5S3/c1-14(2)32(28,29)17-7-4-15(5-8-17)12-20(25)22-21-23(10-11-30-3)18-9-6-16(24(26)27)13-19(18)31-21/h4-9,13-14H,10-12H2,1-3H3. The molecule has 0 aliphatic carbocycles. The van der Waals surface area contributed by atoms with Gasteiger partial charge in [-0.2, -0.15) is 16.8 Å². The number of benzene rings is 2. The van der Waals surface area contributed by atoms with E-state index in [1.54, 1.807) is 43.8 Å². The highest BCUT2D eigenvalue weighted by atomic mass is 32.2. The van der Waals surface area contributed by atoms with Gasteiger partial charge in [-0.1, -0.05) is 23.5 Å². The van der Waals surface area contributed by atoms with E-state index >= 15 is 0 Å². The molecule has 0 aliphatic heterocycles. The van der Waals surface area contributed by atoms with Crippen LogP contribution in [0.25, 0.3) is 10.2 Å². The third-order valence-corrected chi connectivity index (χ3v) is 8.65. The number of non-ortho nitro benzene ring substituents is 1. The van der Waals surface area contributed by atoms with Gasteiger partial charge in [-0.25, -0.2) is 8.42 Å². The molecule has 0 bridgehead atoms. The van der Waals surface area contributed by atoms with Gasteiger partial charge in [0.15, 0.2) is 14.6 Å². The minimum absolute atomic E-state index is 0.00918. The molecule has 0 aliphatic rings. The molecule has 0 unspecified atom stereocenters. The van der Waals surface area contributed by atoms with E-state index in [1.165, 1.54) is 35.6 Å². The number of aryl methyl sites for hydroxylation is 1. The van der Waals surface area contributed by atoms with Crippen molar-refractivity contribution in [3.05, 3.63) is 62.9 Å². The molecule has 32 heavy (non-hydrogen) atoms. The van der Waals surface area contributed by atoms with Crippen molar-refractivity contribution in [2.24, 2.45) is 4.99 Å². The first-order valence-electron chi connectivity index (χ1n) is 9.80. The van der Waals surface area contributed by atoms with Gasteiger partial charge in [-0.3, -0.25) is 14.9 Å². The molecule has 1 aromatic heterocycles. The third-order valence-electron chi connectivity index (χ3n) is 4.84. The van der Waals surface area contributed by atoms with Gasteiger partial charge in [0, 0.05) is 24.4 Å². The van der Waals surface area contributed by atoms with Crippen LogP contribution in [-0.4, -0.2) is 41.1 Å². The molecule has 1 heterocycles. The monoisotopic (exact) mass is 493 g/mol. The highest BCUT2D eigenvalue weighted by Gasteiger charge is 2.19. The minimum atomic E-state index is -3.37. The lowest BCUT2D eigenvalue weighted by Crippen LogP contribution is -2.18. The van der Waals surface area contributed by atoms with Crippen molar-refractivity contribution in [1.82, 2.24) is 4.57 Å². The molecule has 3 rings (SSSR count). The fraction of sp³-hybridized carbons (Fsp3) is 0.333. The summed E-state index contributed by atoms with van der Waals surface area (Å²) in [6.45, 7) is 3.86. The molecule has 0 saturated heterocycles. The molecule has 0 fully saturated rings. The van der Waals surface area contributed by atoms with Crippen LogP contribution in [-0.2, 0) is 27.6 Å². The Morgan fingerprint density at radius 1 is 1.22 bits per heavy atom. The Hall–Kier alpha value is -2.50. The van der Waals surface area contributed by atoms with Crippen LogP contribution in [0.5, 0.6) is 0 Å². The lowest BCUT2D eigenvalue weighted by molar-refractivity contribution is -0.384. The maximum Gasteiger partial charge on any atom is 0.270 e. The summed E-state index contributed by atoms with van der Waals surface area (Å²) in [6.07, 6.45) is 2.00. The number of hydrogen-bond donors (Lipinski definition) is 0. The van der Waals surface area contributed by atoms with Crippen LogP contribution in [0.3, 0.4) is 0 Å². The second-order valence-electron chi connectivity index (χ2n) is 7.36. The largest absolute Gasteiger partial charge is 0.316 e. The number of fused-ring (bicyclic) bond motifs is 1. The van der Waals surface area contributed by atoms with Crippen molar-refractivity contribution in [1.29, 1.82) is 0 Å². The summed E-state index contributed by atoms with van der Waals surface area (Å²) in [5.41, 5.74) is 1.45. The second kappa shape index (κ2) is 9.97. The number of thiazole rings is 1. The quantitative estimate of drug-likeness (QED) is 0.348. The summed E-state index contributed by atoms with van der Waals surface area (Å²) >= 11 is 2.89. The Balaban J connectivity index is 1.92. The predicted octanol–water partition coefficient (Wildman–Crippen LogP) is 3.83. The summed E-state index contributed by atoms with van der Waals surface area (Å²) in [5, 5.41) is 10.6. The van der Waals surface area contributed by atoms with Crippen LogP contribution in [0.15, 0.2) is 52.4 Å². The molecule has 0 spiro atoms. The van der Waals surface area contributed by atoms with E-state index in [0.717, 1.165) is 11.3 Å². The maximum absolute atomic E-state index is 12.6. The van der Waals surface area contributed by atoms with Crippen LogP contribution in [0.2, 0.25) is 0 Å². The van der Waals surface area contributed by atoms with Crippen molar-refractivity contribution in [2.75, 3.05) is 12.0 Å². The van der Waals surface area contributed by atoms with Gasteiger partial charge in [0.25, 0.3) is 11.6 Å². The van der Waals surface area contributed by atoms with Gasteiger partial charge in [-0.15, -0.1) is 0 Å². The molecule has 170 valence electrons. The normalized spacial score (nSPS) is 12.6. The molecule has 0 N–H and O–H groups in total. The summed E-state index contributed by atoms with van der Waals surface area (Å²) in [6, 6.07) is 10.9. The fourth-order valence-corrected chi connectivity index (χ4v) is 5.58. The van der Waals surface area contributed by atoms with E-state index in [1.807, 2.05) is 10.8 Å². The Morgan fingerprint density at radius 3 is 2.50 bits per heavy atom. The smallest absolute Gasteiger partial charge is 0.270 e. The van der Waals surface area contributed by atoms with E-state index < -0.39 is 20.0 Å². The molecular formula is C21H23N3O5S3. The number of carbonyl (C=O) groups is 1. The minimum Gasteiger partial charge on any atom is -0.316 e. The van der Waals surface area contributed by atoms with Gasteiger partial charge < -0.3 is 4.57 Å². The molecule has 2 aromatic carbocycles. The molecule has 0 radical (unpaired) electrons. The van der Waals surface area contributed by atoms with Crippen LogP contribution >= 0.6 is 23.1 Å². The number of hydrogen-bond acceptors (Lipinski definition) is 7. The first-order chi connectivity index (χ1) is 15.1. The zero-order valence-electron chi connectivity index (χ0n) is 17.8. The SMILES string of the molecule is CSCCn1c(=NC(=O)Cc2ccc(S(=O)(=O)C(C)C)cc2)sc2cc([N+](=O)[O-])ccc21. The van der Waals surface area contributed by atoms with Crippen molar-refractivity contribution in [3.8, 4) is 0 Å². The molecule has 8 nitrogen and oxygen atoms in total. The van der Waals surface area contributed by atoms with E-state index in [0.29, 0.717) is 21.6 Å². The van der Waals surface area contributed by atoms with E-state index in [9.17, 15) is 23.3 Å². The lowest BCUT2D eigenvalue weighted by Gasteiger charge is -2.08. The average molecular weight is 494 g/mol. The van der Waals surface area contributed by atoms with Crippen LogP contribution in [0, 0.1) is 10.1 Å². The van der Waals surface area contributed by atoms with Gasteiger partial charge in [-0.05, 0) is 43.9 Å². The Morgan fingerprint density at radius 2 is 1.91 bits per heavy atom. The Labute approximate surface area is 194 Å². The Kier molecular flexibility index (Phi) is 7.52. The van der Waals surface area contributed by atoms with Crippen molar-refractivity contribution in [3.63, 3.8) is 0 Å². The van der Waals surface area contributed by atoms with E-state index in [2.05, 4.69) is 4.99 Å². The number of thioether (sulfide) groups is 1. The van der Waals surface area contributed by atoms with Crippen LogP contribution in [0.1, 0.15) is 19.4 Å². The zero-order valence-corrected chi connectivity index (χ0v) is 20.3. The Bertz CT molecular complexity index is 1320. The zero-order chi connectivity index (χ0) is 23.5. The van der Waals surface area contributed by atoms with Crippen molar-refractivity contribution >= 4 is 54.7 Å². The predicted molar refractivity (Wildman–Crippen MR) is 128 cm³/mol. The molecule has 0 saturated carbocycles. The number of amides is 1. The van der Waals surface area contributed by atoms with Gasteiger partial charge >= 0.3 is 0 Å².